The molecule has 3 aliphatic heterocycles. The molecule has 0 spiro atoms. The number of hydrogen-bond donors (Lipinski definition) is 0. The monoisotopic (exact) mass is 487 g/mol. The minimum absolute atomic E-state index is 0.324. The molecule has 1 fully saturated rings. The highest BCUT2D eigenvalue weighted by Crippen LogP contribution is 2.64. The number of nitrogens with zero attached hydrogens (tertiary/aromatic N) is 5. The number of ether oxygens (including phenoxy) is 1. The lowest BCUT2D eigenvalue weighted by Crippen LogP contribution is -2.40. The number of rotatable bonds is 2. The van der Waals surface area contributed by atoms with E-state index in [1.807, 2.05) is 48.2 Å². The number of benzene rings is 2. The number of allylic oxidation sites excluding steroid dienone is 2. The Morgan fingerprint density at radius 3 is 2.40 bits per heavy atom. The summed E-state index contributed by atoms with van der Waals surface area (Å²) in [5.74, 6) is 0.656. The number of hydrogen-bond acceptors (Lipinski definition) is 5. The number of anilines is 1. The van der Waals surface area contributed by atoms with E-state index in [2.05, 4.69) is 54.7 Å². The molecule has 180 valence electrons. The molecule has 35 heavy (non-hydrogen) atoms. The van der Waals surface area contributed by atoms with E-state index in [4.69, 9.17) is 14.8 Å². The molecule has 2 aromatic carbocycles. The van der Waals surface area contributed by atoms with E-state index in [1.54, 1.807) is 0 Å². The molecule has 1 aromatic heterocycles. The highest BCUT2D eigenvalue weighted by Gasteiger charge is 2.50. The lowest BCUT2D eigenvalue weighted by Gasteiger charge is -2.39. The molecule has 1 saturated heterocycles. The van der Waals surface area contributed by atoms with Gasteiger partial charge in [-0.05, 0) is 30.7 Å². The zero-order valence-corrected chi connectivity index (χ0v) is 21.5. The highest BCUT2D eigenvalue weighted by molar-refractivity contribution is 7.75. The molecule has 8 heteroatoms. The molecule has 7 nitrogen and oxygen atoms in total. The summed E-state index contributed by atoms with van der Waals surface area (Å²) in [6, 6.07) is 18.4. The molecule has 6 rings (SSSR count). The van der Waals surface area contributed by atoms with Crippen LogP contribution in [0.3, 0.4) is 0 Å². The van der Waals surface area contributed by atoms with Crippen LogP contribution in [0.25, 0.3) is 5.69 Å². The van der Waals surface area contributed by atoms with Crippen molar-refractivity contribution in [2.75, 3.05) is 38.3 Å². The summed E-state index contributed by atoms with van der Waals surface area (Å²) < 4.78 is 25.2. The molecular formula is C27H30N5O2P. The smallest absolute Gasteiger partial charge is 0.216 e. The minimum Gasteiger partial charge on any atom is -0.379 e. The van der Waals surface area contributed by atoms with E-state index >= 15 is 4.57 Å². The van der Waals surface area contributed by atoms with Crippen LogP contribution < -0.4 is 10.2 Å². The Labute approximate surface area is 206 Å². The van der Waals surface area contributed by atoms with E-state index in [0.29, 0.717) is 32.1 Å². The van der Waals surface area contributed by atoms with Gasteiger partial charge in [-0.2, -0.15) is 5.10 Å². The van der Waals surface area contributed by atoms with Crippen LogP contribution in [-0.2, 0) is 14.7 Å². The normalized spacial score (nSPS) is 25.5. The molecular weight excluding hydrogens is 457 g/mol. The fourth-order valence-corrected chi connectivity index (χ4v) is 9.23. The molecule has 0 radical (unpaired) electrons. The fraction of sp³-hybridized carbons (Fsp3) is 0.333. The summed E-state index contributed by atoms with van der Waals surface area (Å²) in [5, 5.41) is 6.39. The maximum absolute atomic E-state index is 15.6. The summed E-state index contributed by atoms with van der Waals surface area (Å²) in [6.45, 7) is 8.71. The van der Waals surface area contributed by atoms with Crippen molar-refractivity contribution in [1.82, 2.24) is 14.5 Å². The largest absolute Gasteiger partial charge is 0.379 e. The van der Waals surface area contributed by atoms with Crippen LogP contribution in [-0.4, -0.2) is 54.0 Å². The Hall–Kier alpha value is -2.99. The SMILES string of the molecule is Cc1nn(-c2ccccc2)c2c1P(=O)(N1CCOCC1)/C(=C1\N(C)c3ccccc3C1(C)C)C=N2. The first-order valence-corrected chi connectivity index (χ1v) is 13.7. The first-order valence-electron chi connectivity index (χ1n) is 12.1. The third kappa shape index (κ3) is 3.15. The van der Waals surface area contributed by atoms with Crippen LogP contribution >= 0.6 is 7.29 Å². The fourth-order valence-electron chi connectivity index (χ4n) is 5.84. The van der Waals surface area contributed by atoms with E-state index in [1.165, 1.54) is 5.56 Å². The second-order valence-electron chi connectivity index (χ2n) is 9.84. The molecule has 3 aliphatic rings. The minimum atomic E-state index is -3.26. The van der Waals surface area contributed by atoms with Crippen molar-refractivity contribution in [2.24, 2.45) is 4.99 Å². The number of aryl methyl sites for hydroxylation is 1. The Morgan fingerprint density at radius 2 is 1.69 bits per heavy atom. The Balaban J connectivity index is 1.64. The summed E-state index contributed by atoms with van der Waals surface area (Å²) >= 11 is 0. The Bertz CT molecular complexity index is 1420. The van der Waals surface area contributed by atoms with Crippen LogP contribution in [0.1, 0.15) is 25.1 Å². The zero-order chi connectivity index (χ0) is 24.4. The van der Waals surface area contributed by atoms with Crippen molar-refractivity contribution in [3.63, 3.8) is 0 Å². The van der Waals surface area contributed by atoms with Gasteiger partial charge in [-0.3, -0.25) is 4.57 Å². The van der Waals surface area contributed by atoms with Gasteiger partial charge in [-0.1, -0.05) is 50.2 Å². The van der Waals surface area contributed by atoms with Gasteiger partial charge < -0.3 is 9.64 Å². The van der Waals surface area contributed by atoms with Crippen molar-refractivity contribution in [3.05, 3.63) is 76.9 Å². The number of likely N-dealkylation sites (N-methyl/N-ethyl adjacent to an activating group) is 1. The third-order valence-corrected chi connectivity index (χ3v) is 10.7. The Morgan fingerprint density at radius 1 is 1.00 bits per heavy atom. The van der Waals surface area contributed by atoms with E-state index in [-0.39, 0.29) is 5.41 Å². The zero-order valence-electron chi connectivity index (χ0n) is 20.6. The van der Waals surface area contributed by atoms with Crippen molar-refractivity contribution in [3.8, 4) is 5.69 Å². The van der Waals surface area contributed by atoms with Crippen LogP contribution in [0.15, 0.2) is 70.6 Å². The van der Waals surface area contributed by atoms with Crippen molar-refractivity contribution >= 4 is 30.3 Å². The standard InChI is InChI=1S/C27H30N5O2P/c1-19-24-26(32(29-19)20-10-6-5-7-11-20)28-18-23(35(24,33)31-14-16-34-17-15-31)25-27(2,3)21-12-8-9-13-22(21)30(25)4/h5-13,18H,14-17H2,1-4H3/b25-23-. The van der Waals surface area contributed by atoms with Gasteiger partial charge in [-0.25, -0.2) is 14.3 Å². The average Bonchev–Trinajstić information content (AvgIpc) is 3.32. The van der Waals surface area contributed by atoms with Gasteiger partial charge in [0, 0.05) is 43.2 Å². The number of fused-ring (bicyclic) bond motifs is 2. The summed E-state index contributed by atoms with van der Waals surface area (Å²) in [5.41, 5.74) is 4.75. The number of aliphatic imine (C=N–C) groups is 1. The van der Waals surface area contributed by atoms with E-state index < -0.39 is 7.29 Å². The lowest BCUT2D eigenvalue weighted by atomic mass is 9.84. The molecule has 0 amide bonds. The van der Waals surface area contributed by atoms with Gasteiger partial charge in [0.25, 0.3) is 0 Å². The van der Waals surface area contributed by atoms with Gasteiger partial charge in [0.2, 0.25) is 7.29 Å². The van der Waals surface area contributed by atoms with Gasteiger partial charge in [0.15, 0.2) is 5.82 Å². The lowest BCUT2D eigenvalue weighted by molar-refractivity contribution is 0.0730. The van der Waals surface area contributed by atoms with Gasteiger partial charge in [0.05, 0.1) is 35.2 Å². The molecule has 1 atom stereocenters. The van der Waals surface area contributed by atoms with Gasteiger partial charge >= 0.3 is 0 Å². The molecule has 3 aromatic rings. The Kier molecular flexibility index (Phi) is 5.15. The predicted molar refractivity (Wildman–Crippen MR) is 141 cm³/mol. The highest BCUT2D eigenvalue weighted by atomic mass is 31.2. The predicted octanol–water partition coefficient (Wildman–Crippen LogP) is 4.77. The summed E-state index contributed by atoms with van der Waals surface area (Å²) in [7, 11) is -1.19. The van der Waals surface area contributed by atoms with Crippen molar-refractivity contribution < 1.29 is 9.30 Å². The van der Waals surface area contributed by atoms with Crippen LogP contribution in [0.2, 0.25) is 0 Å². The number of morpholine rings is 1. The van der Waals surface area contributed by atoms with Crippen LogP contribution in [0.5, 0.6) is 0 Å². The molecule has 0 bridgehead atoms. The number of aromatic nitrogens is 2. The first-order chi connectivity index (χ1) is 16.8. The average molecular weight is 488 g/mol. The molecule has 0 N–H and O–H groups in total. The first kappa shape index (κ1) is 22.5. The maximum atomic E-state index is 15.6. The van der Waals surface area contributed by atoms with E-state index in [9.17, 15) is 0 Å². The molecule has 0 aliphatic carbocycles. The van der Waals surface area contributed by atoms with Gasteiger partial charge in [0.1, 0.15) is 0 Å². The molecule has 0 saturated carbocycles. The van der Waals surface area contributed by atoms with E-state index in [0.717, 1.165) is 33.4 Å². The van der Waals surface area contributed by atoms with Gasteiger partial charge in [-0.15, -0.1) is 0 Å². The maximum Gasteiger partial charge on any atom is 0.216 e. The molecule has 1 unspecified atom stereocenters. The van der Waals surface area contributed by atoms with Crippen LogP contribution in [0.4, 0.5) is 11.5 Å². The third-order valence-electron chi connectivity index (χ3n) is 7.44. The molecule has 4 heterocycles. The quantitative estimate of drug-likeness (QED) is 0.488. The van der Waals surface area contributed by atoms with Crippen LogP contribution in [0, 0.1) is 6.92 Å². The summed E-state index contributed by atoms with van der Waals surface area (Å²) in [6.07, 6.45) is 1.85. The van der Waals surface area contributed by atoms with Crippen molar-refractivity contribution in [1.29, 1.82) is 0 Å². The van der Waals surface area contributed by atoms with Crippen molar-refractivity contribution in [2.45, 2.75) is 26.2 Å². The topological polar surface area (TPSA) is 63.0 Å². The second-order valence-corrected chi connectivity index (χ2v) is 12.5. The number of para-hydroxylation sites is 2. The second kappa shape index (κ2) is 8.02. The summed E-state index contributed by atoms with van der Waals surface area (Å²) in [4.78, 5) is 7.13.